The van der Waals surface area contributed by atoms with Crippen molar-refractivity contribution >= 4 is 10.9 Å². The van der Waals surface area contributed by atoms with Gasteiger partial charge in [0, 0.05) is 23.6 Å². The van der Waals surface area contributed by atoms with E-state index in [0.717, 1.165) is 19.5 Å². The Labute approximate surface area is 103 Å². The Bertz CT molecular complexity index is 531. The molecule has 1 aromatic carbocycles. The summed E-state index contributed by atoms with van der Waals surface area (Å²) in [6.07, 6.45) is 8.71. The van der Waals surface area contributed by atoms with E-state index < -0.39 is 0 Å². The maximum absolute atomic E-state index is 5.40. The molecule has 1 N–H and O–H groups in total. The van der Waals surface area contributed by atoms with E-state index in [1.165, 1.54) is 16.5 Å². The number of nitrogens with one attached hydrogen (secondary N) is 1. The van der Waals surface area contributed by atoms with Crippen molar-refractivity contribution < 1.29 is 0 Å². The summed E-state index contributed by atoms with van der Waals surface area (Å²) >= 11 is 0. The summed E-state index contributed by atoms with van der Waals surface area (Å²) in [6.45, 7) is 4.77. The van der Waals surface area contributed by atoms with Gasteiger partial charge in [-0.25, -0.2) is 0 Å². The van der Waals surface area contributed by atoms with Crippen LogP contribution in [0, 0.1) is 12.3 Å². The molecule has 0 saturated carbocycles. The van der Waals surface area contributed by atoms with Gasteiger partial charge >= 0.3 is 0 Å². The van der Waals surface area contributed by atoms with Crippen LogP contribution in [0.5, 0.6) is 0 Å². The highest BCUT2D eigenvalue weighted by Crippen LogP contribution is 2.20. The molecular weight excluding hydrogens is 208 g/mol. The van der Waals surface area contributed by atoms with Crippen LogP contribution in [0.2, 0.25) is 0 Å². The fourth-order valence-electron chi connectivity index (χ4n) is 2.09. The summed E-state index contributed by atoms with van der Waals surface area (Å²) in [7, 11) is 0. The van der Waals surface area contributed by atoms with Crippen LogP contribution >= 0.6 is 0 Å². The third-order valence-electron chi connectivity index (χ3n) is 2.87. The molecule has 1 heterocycles. The van der Waals surface area contributed by atoms with E-state index in [9.17, 15) is 0 Å². The first kappa shape index (κ1) is 11.8. The second-order valence-corrected chi connectivity index (χ2v) is 4.18. The molecule has 0 atom stereocenters. The van der Waals surface area contributed by atoms with Gasteiger partial charge < -0.3 is 9.88 Å². The molecule has 0 amide bonds. The van der Waals surface area contributed by atoms with Crippen LogP contribution in [-0.2, 0) is 13.1 Å². The predicted molar refractivity (Wildman–Crippen MR) is 72.8 cm³/mol. The van der Waals surface area contributed by atoms with Crippen molar-refractivity contribution in [2.45, 2.75) is 26.4 Å². The second kappa shape index (κ2) is 5.56. The van der Waals surface area contributed by atoms with Crippen LogP contribution in [0.25, 0.3) is 10.9 Å². The molecular formula is C15H18N2. The Balaban J connectivity index is 2.32. The highest BCUT2D eigenvalue weighted by atomic mass is 15.0. The molecule has 0 spiro atoms. The van der Waals surface area contributed by atoms with Crippen LogP contribution in [0.15, 0.2) is 30.5 Å². The minimum absolute atomic E-state index is 0.633. The Hall–Kier alpha value is -1.72. The van der Waals surface area contributed by atoms with Gasteiger partial charge in [-0.3, -0.25) is 0 Å². The van der Waals surface area contributed by atoms with Gasteiger partial charge in [-0.05, 0) is 24.6 Å². The van der Waals surface area contributed by atoms with E-state index in [1.54, 1.807) is 0 Å². The van der Waals surface area contributed by atoms with Gasteiger partial charge in [-0.1, -0.05) is 31.0 Å². The van der Waals surface area contributed by atoms with E-state index in [0.29, 0.717) is 6.54 Å². The number of nitrogens with zero attached hydrogens (tertiary/aromatic N) is 1. The average Bonchev–Trinajstić information content (AvgIpc) is 2.70. The molecule has 0 saturated heterocycles. The summed E-state index contributed by atoms with van der Waals surface area (Å²) in [4.78, 5) is 0. The number of aromatic nitrogens is 1. The van der Waals surface area contributed by atoms with Gasteiger partial charge in [-0.2, -0.15) is 0 Å². The number of benzene rings is 1. The fraction of sp³-hybridized carbons (Fsp3) is 0.333. The lowest BCUT2D eigenvalue weighted by Crippen LogP contribution is -2.13. The van der Waals surface area contributed by atoms with Gasteiger partial charge in [0.15, 0.2) is 0 Å². The smallest absolute Gasteiger partial charge is 0.0835 e. The Kier molecular flexibility index (Phi) is 3.85. The van der Waals surface area contributed by atoms with Crippen LogP contribution in [0.3, 0.4) is 0 Å². The zero-order valence-corrected chi connectivity index (χ0v) is 10.2. The standard InChI is InChI=1S/C15H18N2/c1-3-9-16-11-13-12-17(10-4-2)15-8-6-5-7-14(13)15/h2,5-8,12,16H,3,9-11H2,1H3. The molecule has 2 rings (SSSR count). The van der Waals surface area contributed by atoms with Gasteiger partial charge in [0.25, 0.3) is 0 Å². The number of para-hydroxylation sites is 1. The third-order valence-corrected chi connectivity index (χ3v) is 2.87. The average molecular weight is 226 g/mol. The second-order valence-electron chi connectivity index (χ2n) is 4.18. The first-order chi connectivity index (χ1) is 8.36. The Morgan fingerprint density at radius 1 is 1.35 bits per heavy atom. The van der Waals surface area contributed by atoms with Gasteiger partial charge in [0.2, 0.25) is 0 Å². The van der Waals surface area contributed by atoms with Crippen molar-refractivity contribution in [3.8, 4) is 12.3 Å². The lowest BCUT2D eigenvalue weighted by molar-refractivity contribution is 0.676. The van der Waals surface area contributed by atoms with Gasteiger partial charge in [-0.15, -0.1) is 6.42 Å². The van der Waals surface area contributed by atoms with Crippen molar-refractivity contribution in [2.24, 2.45) is 0 Å². The minimum atomic E-state index is 0.633. The van der Waals surface area contributed by atoms with Gasteiger partial charge in [0.05, 0.1) is 6.54 Å². The molecule has 2 heteroatoms. The number of rotatable bonds is 5. The summed E-state index contributed by atoms with van der Waals surface area (Å²) < 4.78 is 2.14. The molecule has 17 heavy (non-hydrogen) atoms. The molecule has 88 valence electrons. The molecule has 0 bridgehead atoms. The molecule has 0 fully saturated rings. The Morgan fingerprint density at radius 3 is 2.94 bits per heavy atom. The fourth-order valence-corrected chi connectivity index (χ4v) is 2.09. The SMILES string of the molecule is C#CCn1cc(CNCCC)c2ccccc21. The minimum Gasteiger partial charge on any atom is -0.336 e. The molecule has 1 aromatic heterocycles. The van der Waals surface area contributed by atoms with Crippen molar-refractivity contribution in [3.05, 3.63) is 36.0 Å². The number of terminal acetylenes is 1. The van der Waals surface area contributed by atoms with E-state index in [2.05, 4.69) is 53.2 Å². The normalized spacial score (nSPS) is 10.6. The van der Waals surface area contributed by atoms with Crippen molar-refractivity contribution in [1.29, 1.82) is 0 Å². The molecule has 0 aliphatic heterocycles. The summed E-state index contributed by atoms with van der Waals surface area (Å²) in [5.41, 5.74) is 2.54. The quantitative estimate of drug-likeness (QED) is 0.613. The topological polar surface area (TPSA) is 17.0 Å². The van der Waals surface area contributed by atoms with E-state index in [-0.39, 0.29) is 0 Å². The van der Waals surface area contributed by atoms with Crippen LogP contribution in [0.1, 0.15) is 18.9 Å². The maximum Gasteiger partial charge on any atom is 0.0835 e. The summed E-state index contributed by atoms with van der Waals surface area (Å²) in [5.74, 6) is 2.70. The largest absolute Gasteiger partial charge is 0.336 e. The first-order valence-electron chi connectivity index (χ1n) is 6.07. The summed E-state index contributed by atoms with van der Waals surface area (Å²) in [6, 6.07) is 8.41. The molecule has 2 aromatic rings. The zero-order chi connectivity index (χ0) is 12.1. The molecule has 0 aliphatic carbocycles. The van der Waals surface area contributed by atoms with E-state index in [4.69, 9.17) is 6.42 Å². The predicted octanol–water partition coefficient (Wildman–Crippen LogP) is 2.77. The number of hydrogen-bond donors (Lipinski definition) is 1. The van der Waals surface area contributed by atoms with E-state index in [1.807, 2.05) is 0 Å². The third kappa shape index (κ3) is 2.51. The number of hydrogen-bond acceptors (Lipinski definition) is 1. The van der Waals surface area contributed by atoms with E-state index >= 15 is 0 Å². The highest BCUT2D eigenvalue weighted by molar-refractivity contribution is 5.84. The molecule has 0 radical (unpaired) electrons. The van der Waals surface area contributed by atoms with Crippen molar-refractivity contribution in [1.82, 2.24) is 9.88 Å². The molecule has 0 unspecified atom stereocenters. The Morgan fingerprint density at radius 2 is 2.18 bits per heavy atom. The van der Waals surface area contributed by atoms with Crippen molar-refractivity contribution in [2.75, 3.05) is 6.54 Å². The monoisotopic (exact) mass is 226 g/mol. The van der Waals surface area contributed by atoms with Crippen LogP contribution < -0.4 is 5.32 Å². The van der Waals surface area contributed by atoms with Crippen LogP contribution in [0.4, 0.5) is 0 Å². The summed E-state index contributed by atoms with van der Waals surface area (Å²) in [5, 5.41) is 4.73. The highest BCUT2D eigenvalue weighted by Gasteiger charge is 2.06. The van der Waals surface area contributed by atoms with Gasteiger partial charge in [0.1, 0.15) is 0 Å². The van der Waals surface area contributed by atoms with Crippen molar-refractivity contribution in [3.63, 3.8) is 0 Å². The molecule has 2 nitrogen and oxygen atoms in total. The number of fused-ring (bicyclic) bond motifs is 1. The first-order valence-corrected chi connectivity index (χ1v) is 6.07. The lowest BCUT2D eigenvalue weighted by atomic mass is 10.2. The van der Waals surface area contributed by atoms with Crippen LogP contribution in [-0.4, -0.2) is 11.1 Å². The maximum atomic E-state index is 5.40. The zero-order valence-electron chi connectivity index (χ0n) is 10.2. The lowest BCUT2D eigenvalue weighted by Gasteiger charge is -2.00. The molecule has 0 aliphatic rings.